The lowest BCUT2D eigenvalue weighted by Gasteiger charge is -2.29. The van der Waals surface area contributed by atoms with Crippen LogP contribution in [-0.4, -0.2) is 27.5 Å². The zero-order valence-electron chi connectivity index (χ0n) is 13.5. The van der Waals surface area contributed by atoms with Gasteiger partial charge in [0.2, 0.25) is 0 Å². The average Bonchev–Trinajstić information content (AvgIpc) is 2.58. The summed E-state index contributed by atoms with van der Waals surface area (Å²) in [6.45, 7) is 2.53. The normalized spacial score (nSPS) is 14.0. The zero-order chi connectivity index (χ0) is 18.0. The van der Waals surface area contributed by atoms with Gasteiger partial charge >= 0.3 is 0 Å². The Hall–Kier alpha value is -2.06. The minimum Gasteiger partial charge on any atom is -0.482 e. The molecule has 0 radical (unpaired) electrons. The number of sulfonamides is 1. The standard InChI is InChI=1S/C17H17BrN2O4S/c1-2-9-20-15-10-13(5-8-16(15)24-11-17(20)21)19-25(22,23)14-6-3-12(18)4-7-14/h3-8,10,19H,2,9,11H2,1H3. The first-order valence-electron chi connectivity index (χ1n) is 7.76. The molecule has 0 unspecified atom stereocenters. The summed E-state index contributed by atoms with van der Waals surface area (Å²) in [5.74, 6) is 0.432. The number of hydrogen-bond acceptors (Lipinski definition) is 4. The van der Waals surface area contributed by atoms with Crippen molar-refractivity contribution in [3.8, 4) is 5.75 Å². The highest BCUT2D eigenvalue weighted by molar-refractivity contribution is 9.10. The van der Waals surface area contributed by atoms with E-state index in [1.54, 1.807) is 35.2 Å². The molecule has 3 rings (SSSR count). The largest absolute Gasteiger partial charge is 0.482 e. The molecule has 6 nitrogen and oxygen atoms in total. The van der Waals surface area contributed by atoms with Gasteiger partial charge in [-0.1, -0.05) is 22.9 Å². The van der Waals surface area contributed by atoms with Crippen LogP contribution in [0.4, 0.5) is 11.4 Å². The first kappa shape index (κ1) is 17.8. The number of carbonyl (C=O) groups is 1. The Bertz CT molecular complexity index is 897. The molecule has 132 valence electrons. The fraction of sp³-hybridized carbons (Fsp3) is 0.235. The highest BCUT2D eigenvalue weighted by Gasteiger charge is 2.25. The molecule has 1 aliphatic heterocycles. The van der Waals surface area contributed by atoms with Crippen LogP contribution in [0.2, 0.25) is 0 Å². The van der Waals surface area contributed by atoms with E-state index in [0.29, 0.717) is 23.7 Å². The molecular formula is C17H17BrN2O4S. The summed E-state index contributed by atoms with van der Waals surface area (Å²) in [4.78, 5) is 13.8. The van der Waals surface area contributed by atoms with Crippen molar-refractivity contribution in [1.29, 1.82) is 0 Å². The van der Waals surface area contributed by atoms with Crippen molar-refractivity contribution in [2.45, 2.75) is 18.2 Å². The fourth-order valence-electron chi connectivity index (χ4n) is 2.56. The van der Waals surface area contributed by atoms with Crippen LogP contribution in [0.1, 0.15) is 13.3 Å². The molecule has 0 bridgehead atoms. The lowest BCUT2D eigenvalue weighted by atomic mass is 10.2. The monoisotopic (exact) mass is 424 g/mol. The molecular weight excluding hydrogens is 408 g/mol. The molecule has 2 aromatic carbocycles. The number of rotatable bonds is 5. The van der Waals surface area contributed by atoms with E-state index in [0.717, 1.165) is 10.9 Å². The summed E-state index contributed by atoms with van der Waals surface area (Å²) in [6, 6.07) is 11.3. The Morgan fingerprint density at radius 3 is 2.60 bits per heavy atom. The molecule has 1 amide bonds. The van der Waals surface area contributed by atoms with E-state index >= 15 is 0 Å². The number of ether oxygens (including phenoxy) is 1. The van der Waals surface area contributed by atoms with Crippen LogP contribution in [0, 0.1) is 0 Å². The average molecular weight is 425 g/mol. The number of nitrogens with one attached hydrogen (secondary N) is 1. The van der Waals surface area contributed by atoms with Gasteiger partial charge in [-0.3, -0.25) is 9.52 Å². The van der Waals surface area contributed by atoms with Gasteiger partial charge in [0, 0.05) is 11.0 Å². The minimum absolute atomic E-state index is 0.00301. The molecule has 0 saturated carbocycles. The number of nitrogens with zero attached hydrogens (tertiary/aromatic N) is 1. The summed E-state index contributed by atoms with van der Waals surface area (Å²) in [5, 5.41) is 0. The van der Waals surface area contributed by atoms with Crippen LogP contribution >= 0.6 is 15.9 Å². The number of amides is 1. The molecule has 1 aliphatic rings. The van der Waals surface area contributed by atoms with E-state index in [1.165, 1.54) is 12.1 Å². The maximum atomic E-state index is 12.5. The molecule has 0 fully saturated rings. The van der Waals surface area contributed by atoms with Crippen molar-refractivity contribution in [2.75, 3.05) is 22.8 Å². The quantitative estimate of drug-likeness (QED) is 0.797. The predicted molar refractivity (Wildman–Crippen MR) is 99.5 cm³/mol. The predicted octanol–water partition coefficient (Wildman–Crippen LogP) is 3.39. The second kappa shape index (κ2) is 7.05. The van der Waals surface area contributed by atoms with Gasteiger partial charge < -0.3 is 9.64 Å². The smallest absolute Gasteiger partial charge is 0.265 e. The molecule has 0 aliphatic carbocycles. The van der Waals surface area contributed by atoms with Crippen LogP contribution in [0.25, 0.3) is 0 Å². The minimum atomic E-state index is -3.72. The molecule has 1 N–H and O–H groups in total. The van der Waals surface area contributed by atoms with Crippen LogP contribution in [0.5, 0.6) is 5.75 Å². The van der Waals surface area contributed by atoms with Gasteiger partial charge in [-0.25, -0.2) is 8.42 Å². The lowest BCUT2D eigenvalue weighted by molar-refractivity contribution is -0.121. The highest BCUT2D eigenvalue weighted by atomic mass is 79.9. The molecule has 0 atom stereocenters. The molecule has 0 saturated heterocycles. The molecule has 1 heterocycles. The van der Waals surface area contributed by atoms with Gasteiger partial charge in [-0.05, 0) is 48.9 Å². The van der Waals surface area contributed by atoms with Gasteiger partial charge in [-0.2, -0.15) is 0 Å². The van der Waals surface area contributed by atoms with Gasteiger partial charge in [0.1, 0.15) is 5.75 Å². The van der Waals surface area contributed by atoms with E-state index < -0.39 is 10.0 Å². The number of hydrogen-bond donors (Lipinski definition) is 1. The summed E-state index contributed by atoms with van der Waals surface area (Å²) in [5.41, 5.74) is 0.954. The van der Waals surface area contributed by atoms with E-state index in [1.807, 2.05) is 6.92 Å². The van der Waals surface area contributed by atoms with E-state index in [2.05, 4.69) is 20.7 Å². The van der Waals surface area contributed by atoms with Crippen molar-refractivity contribution >= 4 is 43.2 Å². The van der Waals surface area contributed by atoms with Crippen molar-refractivity contribution < 1.29 is 17.9 Å². The molecule has 0 spiro atoms. The Morgan fingerprint density at radius 2 is 1.92 bits per heavy atom. The zero-order valence-corrected chi connectivity index (χ0v) is 15.9. The number of benzene rings is 2. The van der Waals surface area contributed by atoms with Crippen molar-refractivity contribution in [2.24, 2.45) is 0 Å². The van der Waals surface area contributed by atoms with Gasteiger partial charge in [0.05, 0.1) is 16.3 Å². The topological polar surface area (TPSA) is 75.7 Å². The molecule has 2 aromatic rings. The Balaban J connectivity index is 1.91. The van der Waals surface area contributed by atoms with Crippen LogP contribution in [0.3, 0.4) is 0 Å². The maximum Gasteiger partial charge on any atom is 0.265 e. The van der Waals surface area contributed by atoms with E-state index in [-0.39, 0.29) is 17.4 Å². The Labute approximate surface area is 155 Å². The van der Waals surface area contributed by atoms with Crippen LogP contribution in [-0.2, 0) is 14.8 Å². The second-order valence-electron chi connectivity index (χ2n) is 5.58. The van der Waals surface area contributed by atoms with Crippen molar-refractivity contribution in [3.05, 3.63) is 46.9 Å². The van der Waals surface area contributed by atoms with Gasteiger partial charge in [0.15, 0.2) is 6.61 Å². The summed E-state index contributed by atoms with van der Waals surface area (Å²) < 4.78 is 33.8. The molecule has 0 aromatic heterocycles. The summed E-state index contributed by atoms with van der Waals surface area (Å²) in [7, 11) is -3.72. The van der Waals surface area contributed by atoms with Crippen molar-refractivity contribution in [1.82, 2.24) is 0 Å². The molecule has 8 heteroatoms. The van der Waals surface area contributed by atoms with Gasteiger partial charge in [0.25, 0.3) is 15.9 Å². The third-order valence-electron chi connectivity index (χ3n) is 3.73. The van der Waals surface area contributed by atoms with Crippen LogP contribution in [0.15, 0.2) is 51.8 Å². The van der Waals surface area contributed by atoms with E-state index in [4.69, 9.17) is 4.74 Å². The summed E-state index contributed by atoms with van der Waals surface area (Å²) >= 11 is 3.28. The SMILES string of the molecule is CCCN1C(=O)COc2ccc(NS(=O)(=O)c3ccc(Br)cc3)cc21. The Morgan fingerprint density at radius 1 is 1.20 bits per heavy atom. The number of carbonyl (C=O) groups excluding carboxylic acids is 1. The third-order valence-corrected chi connectivity index (χ3v) is 5.65. The fourth-order valence-corrected chi connectivity index (χ4v) is 3.88. The second-order valence-corrected chi connectivity index (χ2v) is 8.17. The first-order valence-corrected chi connectivity index (χ1v) is 10.0. The number of anilines is 2. The number of fused-ring (bicyclic) bond motifs is 1. The lowest BCUT2D eigenvalue weighted by Crippen LogP contribution is -2.39. The van der Waals surface area contributed by atoms with Crippen molar-refractivity contribution in [3.63, 3.8) is 0 Å². The number of halogens is 1. The maximum absolute atomic E-state index is 12.5. The van der Waals surface area contributed by atoms with E-state index in [9.17, 15) is 13.2 Å². The van der Waals surface area contributed by atoms with Gasteiger partial charge in [-0.15, -0.1) is 0 Å². The highest BCUT2D eigenvalue weighted by Crippen LogP contribution is 2.35. The first-order chi connectivity index (χ1) is 11.9. The molecule has 25 heavy (non-hydrogen) atoms. The van der Waals surface area contributed by atoms with Crippen LogP contribution < -0.4 is 14.4 Å². The third kappa shape index (κ3) is 3.80. The Kier molecular flexibility index (Phi) is 5.01. The summed E-state index contributed by atoms with van der Waals surface area (Å²) in [6.07, 6.45) is 0.792.